The van der Waals surface area contributed by atoms with E-state index < -0.39 is 0 Å². The zero-order valence-corrected chi connectivity index (χ0v) is 16.6. The molecule has 1 aliphatic rings. The Morgan fingerprint density at radius 3 is 2.43 bits per heavy atom. The van der Waals surface area contributed by atoms with Crippen molar-refractivity contribution in [2.24, 2.45) is 0 Å². The average molecular weight is 403 g/mol. The molecular weight excluding hydrogens is 379 g/mol. The molecule has 1 aromatic carbocycles. The van der Waals surface area contributed by atoms with Crippen molar-refractivity contribution in [2.45, 2.75) is 19.4 Å². The van der Waals surface area contributed by atoms with E-state index in [1.807, 2.05) is 12.4 Å². The van der Waals surface area contributed by atoms with Crippen molar-refractivity contribution in [3.63, 3.8) is 0 Å². The van der Waals surface area contributed by atoms with Crippen LogP contribution in [0, 0.1) is 5.82 Å². The maximum atomic E-state index is 13.3. The summed E-state index contributed by atoms with van der Waals surface area (Å²) in [5.74, 6) is 0.614. The molecule has 1 atom stereocenters. The van der Waals surface area contributed by atoms with Gasteiger partial charge in [-0.05, 0) is 30.7 Å². The summed E-state index contributed by atoms with van der Waals surface area (Å²) in [6.07, 6.45) is 8.34. The Kier molecular flexibility index (Phi) is 6.59. The van der Waals surface area contributed by atoms with Crippen LogP contribution in [0.2, 0.25) is 0 Å². The number of benzene rings is 1. The largest absolute Gasteiger partial charge is 0.352 e. The van der Waals surface area contributed by atoms with Crippen LogP contribution in [-0.2, 0) is 0 Å². The van der Waals surface area contributed by atoms with Gasteiger partial charge in [-0.2, -0.15) is 5.10 Å². The summed E-state index contributed by atoms with van der Waals surface area (Å²) in [6.45, 7) is 5.86. The summed E-state index contributed by atoms with van der Waals surface area (Å²) in [4.78, 5) is 13.9. The molecule has 0 spiro atoms. The number of hydrogen-bond acceptors (Lipinski definition) is 5. The van der Waals surface area contributed by atoms with Crippen molar-refractivity contribution in [2.75, 3.05) is 31.1 Å². The number of aromatic nitrogens is 4. The van der Waals surface area contributed by atoms with Crippen LogP contribution in [0.3, 0.4) is 0 Å². The Morgan fingerprint density at radius 2 is 1.79 bits per heavy atom. The first kappa shape index (κ1) is 20.2. The lowest BCUT2D eigenvalue weighted by molar-refractivity contribution is 0.181. The van der Waals surface area contributed by atoms with E-state index in [0.29, 0.717) is 6.04 Å². The third kappa shape index (κ3) is 4.15. The third-order valence-corrected chi connectivity index (χ3v) is 5.14. The molecule has 0 bridgehead atoms. The van der Waals surface area contributed by atoms with E-state index in [9.17, 15) is 4.39 Å². The summed E-state index contributed by atoms with van der Waals surface area (Å²) in [6, 6.07) is 6.81. The molecule has 3 aromatic rings. The van der Waals surface area contributed by atoms with Crippen LogP contribution in [-0.4, -0.2) is 51.2 Å². The van der Waals surface area contributed by atoms with Crippen LogP contribution in [0.5, 0.6) is 0 Å². The Bertz CT molecular complexity index is 863. The van der Waals surface area contributed by atoms with Crippen molar-refractivity contribution < 1.29 is 4.39 Å². The van der Waals surface area contributed by atoms with Gasteiger partial charge in [-0.25, -0.2) is 9.37 Å². The average Bonchev–Trinajstić information content (AvgIpc) is 3.24. The van der Waals surface area contributed by atoms with Gasteiger partial charge in [0.15, 0.2) is 5.82 Å². The van der Waals surface area contributed by atoms with E-state index in [-0.39, 0.29) is 18.2 Å². The first-order valence-electron chi connectivity index (χ1n) is 9.31. The molecule has 0 amide bonds. The maximum absolute atomic E-state index is 13.3. The van der Waals surface area contributed by atoms with Crippen molar-refractivity contribution in [3.05, 3.63) is 60.4 Å². The van der Waals surface area contributed by atoms with E-state index in [0.717, 1.165) is 49.7 Å². The number of piperazine rings is 1. The highest BCUT2D eigenvalue weighted by Gasteiger charge is 2.26. The highest BCUT2D eigenvalue weighted by Crippen LogP contribution is 2.29. The van der Waals surface area contributed by atoms with Gasteiger partial charge >= 0.3 is 0 Å². The highest BCUT2D eigenvalue weighted by atomic mass is 35.5. The maximum Gasteiger partial charge on any atom is 0.155 e. The number of H-pyrrole nitrogens is 1. The van der Waals surface area contributed by atoms with Gasteiger partial charge in [-0.1, -0.05) is 6.92 Å². The minimum atomic E-state index is -0.248. The van der Waals surface area contributed by atoms with Crippen molar-refractivity contribution >= 4 is 18.2 Å². The summed E-state index contributed by atoms with van der Waals surface area (Å²) >= 11 is 0. The molecule has 148 valence electrons. The second kappa shape index (κ2) is 9.12. The van der Waals surface area contributed by atoms with Crippen molar-refractivity contribution in [1.29, 1.82) is 0 Å². The lowest BCUT2D eigenvalue weighted by Gasteiger charge is -2.39. The topological polar surface area (TPSA) is 60.9 Å². The van der Waals surface area contributed by atoms with Gasteiger partial charge in [0.1, 0.15) is 11.5 Å². The molecule has 1 saturated heterocycles. The molecule has 8 heteroatoms. The number of aromatic amines is 1. The number of halogens is 2. The van der Waals surface area contributed by atoms with Gasteiger partial charge in [0, 0.05) is 61.9 Å². The van der Waals surface area contributed by atoms with Crippen LogP contribution in [0.4, 0.5) is 10.2 Å². The molecule has 28 heavy (non-hydrogen) atoms. The predicted molar refractivity (Wildman–Crippen MR) is 110 cm³/mol. The number of hydrogen-bond donors (Lipinski definition) is 1. The molecule has 0 radical (unpaired) electrons. The molecule has 0 saturated carbocycles. The van der Waals surface area contributed by atoms with Gasteiger partial charge in [0.2, 0.25) is 0 Å². The Morgan fingerprint density at radius 1 is 1.07 bits per heavy atom. The lowest BCUT2D eigenvalue weighted by Crippen LogP contribution is -2.48. The lowest BCUT2D eigenvalue weighted by atomic mass is 10.1. The monoisotopic (exact) mass is 402 g/mol. The second-order valence-corrected chi connectivity index (χ2v) is 6.71. The van der Waals surface area contributed by atoms with Crippen LogP contribution >= 0.6 is 12.4 Å². The van der Waals surface area contributed by atoms with E-state index in [1.165, 1.54) is 17.7 Å². The molecule has 1 fully saturated rings. The zero-order valence-electron chi connectivity index (χ0n) is 15.8. The van der Waals surface area contributed by atoms with Crippen LogP contribution in [0.15, 0.2) is 49.1 Å². The van der Waals surface area contributed by atoms with Crippen molar-refractivity contribution in [1.82, 2.24) is 25.1 Å². The second-order valence-electron chi connectivity index (χ2n) is 6.71. The van der Waals surface area contributed by atoms with Gasteiger partial charge in [-0.3, -0.25) is 15.0 Å². The molecule has 4 rings (SSSR count). The minimum absolute atomic E-state index is 0. The molecule has 3 heterocycles. The van der Waals surface area contributed by atoms with Crippen LogP contribution in [0.25, 0.3) is 11.3 Å². The molecular formula is C20H24ClFN6. The van der Waals surface area contributed by atoms with Crippen LogP contribution in [0.1, 0.15) is 24.9 Å². The van der Waals surface area contributed by atoms with Gasteiger partial charge in [0.05, 0.1) is 6.20 Å². The fraction of sp³-hybridized carbons (Fsp3) is 0.350. The first-order chi connectivity index (χ1) is 13.3. The number of nitrogens with one attached hydrogen (secondary N) is 1. The van der Waals surface area contributed by atoms with E-state index in [4.69, 9.17) is 0 Å². The summed E-state index contributed by atoms with van der Waals surface area (Å²) in [5, 5.41) is 7.01. The first-order valence-corrected chi connectivity index (χ1v) is 9.31. The highest BCUT2D eigenvalue weighted by molar-refractivity contribution is 5.85. The molecule has 1 N–H and O–H groups in total. The van der Waals surface area contributed by atoms with Gasteiger partial charge < -0.3 is 4.90 Å². The third-order valence-electron chi connectivity index (χ3n) is 5.14. The fourth-order valence-electron chi connectivity index (χ4n) is 3.77. The summed E-state index contributed by atoms with van der Waals surface area (Å²) in [7, 11) is 0. The summed E-state index contributed by atoms with van der Waals surface area (Å²) in [5.41, 5.74) is 2.91. The van der Waals surface area contributed by atoms with E-state index in [1.54, 1.807) is 24.5 Å². The summed E-state index contributed by atoms with van der Waals surface area (Å²) < 4.78 is 13.3. The minimum Gasteiger partial charge on any atom is -0.352 e. The zero-order chi connectivity index (χ0) is 18.6. The molecule has 6 nitrogen and oxygen atoms in total. The van der Waals surface area contributed by atoms with E-state index >= 15 is 0 Å². The SMILES string of the molecule is CCC(c1cn[nH]c1)N1CCN(c2nccnc2-c2ccc(F)cc2)CC1.Cl. The number of anilines is 1. The smallest absolute Gasteiger partial charge is 0.155 e. The van der Waals surface area contributed by atoms with Gasteiger partial charge in [0.25, 0.3) is 0 Å². The molecule has 0 aliphatic carbocycles. The fourth-order valence-corrected chi connectivity index (χ4v) is 3.77. The van der Waals surface area contributed by atoms with E-state index in [2.05, 4.69) is 36.9 Å². The Hall–Kier alpha value is -2.51. The number of nitrogens with zero attached hydrogens (tertiary/aromatic N) is 5. The predicted octanol–water partition coefficient (Wildman–Crippen LogP) is 3.70. The normalized spacial score (nSPS) is 15.9. The Labute approximate surface area is 170 Å². The molecule has 2 aromatic heterocycles. The number of rotatable bonds is 5. The standard InChI is InChI=1S/C20H23FN6.ClH/c1-2-18(16-13-24-25-14-16)26-9-11-27(12-10-26)20-19(22-7-8-23-20)15-3-5-17(21)6-4-15;/h3-8,13-14,18H,2,9-12H2,1H3,(H,24,25);1H. The molecule has 1 aliphatic heterocycles. The van der Waals surface area contributed by atoms with Crippen LogP contribution < -0.4 is 4.90 Å². The Balaban J connectivity index is 0.00000225. The quantitative estimate of drug-likeness (QED) is 0.705. The van der Waals surface area contributed by atoms with Gasteiger partial charge in [-0.15, -0.1) is 12.4 Å². The molecule has 1 unspecified atom stereocenters. The van der Waals surface area contributed by atoms with Crippen molar-refractivity contribution in [3.8, 4) is 11.3 Å².